The van der Waals surface area contributed by atoms with Gasteiger partial charge in [0.25, 0.3) is 11.9 Å². The molecule has 0 amide bonds. The lowest BCUT2D eigenvalue weighted by Gasteiger charge is -2.35. The Labute approximate surface area is 233 Å². The van der Waals surface area contributed by atoms with E-state index in [1.54, 1.807) is 13.2 Å². The fraction of sp³-hybridized carbons (Fsp3) is 0.414. The summed E-state index contributed by atoms with van der Waals surface area (Å²) in [6, 6.07) is 15.6. The third-order valence-corrected chi connectivity index (χ3v) is 5.34. The van der Waals surface area contributed by atoms with Crippen molar-refractivity contribution < 1.29 is 48.3 Å². The predicted octanol–water partition coefficient (Wildman–Crippen LogP) is 4.05. The van der Waals surface area contributed by atoms with E-state index >= 15 is 0 Å². The van der Waals surface area contributed by atoms with Crippen molar-refractivity contribution in [3.8, 4) is 11.8 Å². The first-order chi connectivity index (χ1) is 18.8. The summed E-state index contributed by atoms with van der Waals surface area (Å²) in [6.45, 7) is 4.98. The second-order valence-corrected chi connectivity index (χ2v) is 8.84. The molecule has 3 rings (SSSR count). The van der Waals surface area contributed by atoms with Crippen LogP contribution in [0.3, 0.4) is 0 Å². The molecule has 2 N–H and O–H groups in total. The first kappa shape index (κ1) is 33.6. The van der Waals surface area contributed by atoms with E-state index < -0.39 is 11.9 Å². The molecule has 3 unspecified atom stereocenters. The first-order valence-electron chi connectivity index (χ1n) is 12.4. The highest BCUT2D eigenvalue weighted by atomic mass is 16.6. The molecule has 216 valence electrons. The van der Waals surface area contributed by atoms with Gasteiger partial charge in [0.1, 0.15) is 18.5 Å². The maximum absolute atomic E-state index is 11.5. The third-order valence-electron chi connectivity index (χ3n) is 5.34. The van der Waals surface area contributed by atoms with Crippen molar-refractivity contribution in [2.75, 3.05) is 13.7 Å². The quantitative estimate of drug-likeness (QED) is 0.471. The van der Waals surface area contributed by atoms with Gasteiger partial charge in [0.2, 0.25) is 0 Å². The number of nitrogens with zero attached hydrogens (tertiary/aromatic N) is 1. The number of carboxylic acid groups (broad SMARTS) is 2. The number of rotatable bonds is 7. The maximum Gasteiger partial charge on any atom is 0.302 e. The standard InChI is InChI=1S/C25H27NO6.2C2H4O2/c1-16(27)30-15-24-12-23(31-17(2)28)13-25(32-24)19-6-7-20(14-26)21(11-19)10-18-4-8-22(29-3)9-5-18;2*1-2(3)4/h4-9,11,23-25H,10,12-13,15H2,1-3H3;2*1H3,(H,3,4). The summed E-state index contributed by atoms with van der Waals surface area (Å²) < 4.78 is 22.0. The third kappa shape index (κ3) is 13.4. The van der Waals surface area contributed by atoms with Crippen molar-refractivity contribution >= 4 is 23.9 Å². The largest absolute Gasteiger partial charge is 0.497 e. The summed E-state index contributed by atoms with van der Waals surface area (Å²) in [6.07, 6.45) is 0.450. The second kappa shape index (κ2) is 17.2. The van der Waals surface area contributed by atoms with Crippen molar-refractivity contribution in [1.29, 1.82) is 5.26 Å². The molecule has 3 atom stereocenters. The van der Waals surface area contributed by atoms with Gasteiger partial charge in [-0.3, -0.25) is 19.2 Å². The smallest absolute Gasteiger partial charge is 0.302 e. The summed E-state index contributed by atoms with van der Waals surface area (Å²) in [5, 5.41) is 24.4. The van der Waals surface area contributed by atoms with Crippen molar-refractivity contribution in [3.05, 3.63) is 64.7 Å². The normalized spacial score (nSPS) is 17.4. The van der Waals surface area contributed by atoms with Gasteiger partial charge in [-0.2, -0.15) is 5.26 Å². The minimum absolute atomic E-state index is 0.0958. The molecule has 0 aliphatic carbocycles. The molecule has 11 heteroatoms. The lowest BCUT2D eigenvalue weighted by atomic mass is 9.92. The Morgan fingerprint density at radius 3 is 2.05 bits per heavy atom. The first-order valence-corrected chi connectivity index (χ1v) is 12.4. The topological polar surface area (TPSA) is 169 Å². The molecule has 0 spiro atoms. The Balaban J connectivity index is 0.000000883. The average molecular weight is 558 g/mol. The zero-order valence-corrected chi connectivity index (χ0v) is 23.2. The monoisotopic (exact) mass is 557 g/mol. The van der Waals surface area contributed by atoms with Crippen LogP contribution in [0.2, 0.25) is 0 Å². The highest BCUT2D eigenvalue weighted by Gasteiger charge is 2.33. The van der Waals surface area contributed by atoms with E-state index in [9.17, 15) is 14.9 Å². The van der Waals surface area contributed by atoms with Crippen molar-refractivity contribution in [2.45, 2.75) is 65.3 Å². The molecular weight excluding hydrogens is 522 g/mol. The summed E-state index contributed by atoms with van der Waals surface area (Å²) in [7, 11) is 1.62. The fourth-order valence-electron chi connectivity index (χ4n) is 3.87. The SMILES string of the molecule is CC(=O)O.CC(=O)O.COc1ccc(Cc2cc(C3CC(OC(C)=O)CC(COC(C)=O)O3)ccc2C#N)cc1. The van der Waals surface area contributed by atoms with Crippen molar-refractivity contribution in [1.82, 2.24) is 0 Å². The van der Waals surface area contributed by atoms with Gasteiger partial charge in [-0.05, 0) is 41.3 Å². The van der Waals surface area contributed by atoms with Crippen LogP contribution in [0.1, 0.15) is 68.9 Å². The lowest BCUT2D eigenvalue weighted by molar-refractivity contribution is -0.169. The van der Waals surface area contributed by atoms with Gasteiger partial charge in [0, 0.05) is 40.5 Å². The summed E-state index contributed by atoms with van der Waals surface area (Å²) in [5.74, 6) is -1.64. The molecule has 1 heterocycles. The minimum atomic E-state index is -0.833. The molecule has 0 radical (unpaired) electrons. The van der Waals surface area contributed by atoms with E-state index in [4.69, 9.17) is 38.7 Å². The summed E-state index contributed by atoms with van der Waals surface area (Å²) >= 11 is 0. The van der Waals surface area contributed by atoms with Gasteiger partial charge < -0.3 is 29.2 Å². The van der Waals surface area contributed by atoms with E-state index in [0.717, 1.165) is 36.3 Å². The van der Waals surface area contributed by atoms with E-state index in [1.165, 1.54) is 13.8 Å². The molecule has 40 heavy (non-hydrogen) atoms. The molecular formula is C29H35NO10. The number of ether oxygens (including phenoxy) is 4. The van der Waals surface area contributed by atoms with Crippen LogP contribution in [0.15, 0.2) is 42.5 Å². The maximum atomic E-state index is 11.5. The Morgan fingerprint density at radius 2 is 1.55 bits per heavy atom. The molecule has 0 bridgehead atoms. The minimum Gasteiger partial charge on any atom is -0.497 e. The highest BCUT2D eigenvalue weighted by Crippen LogP contribution is 2.34. The van der Waals surface area contributed by atoms with Gasteiger partial charge in [-0.1, -0.05) is 24.3 Å². The molecule has 1 aliphatic rings. The van der Waals surface area contributed by atoms with Gasteiger partial charge in [-0.15, -0.1) is 0 Å². The second-order valence-electron chi connectivity index (χ2n) is 8.84. The van der Waals surface area contributed by atoms with Crippen molar-refractivity contribution in [3.63, 3.8) is 0 Å². The van der Waals surface area contributed by atoms with Crippen LogP contribution in [0, 0.1) is 11.3 Å². The van der Waals surface area contributed by atoms with Gasteiger partial charge >= 0.3 is 11.9 Å². The van der Waals surface area contributed by atoms with E-state index in [2.05, 4.69) is 6.07 Å². The fourth-order valence-corrected chi connectivity index (χ4v) is 3.87. The molecule has 2 aromatic carbocycles. The lowest BCUT2D eigenvalue weighted by Crippen LogP contribution is -2.36. The van der Waals surface area contributed by atoms with Crippen LogP contribution < -0.4 is 4.74 Å². The molecule has 1 aliphatic heterocycles. The molecule has 2 aromatic rings. The number of hydrogen-bond donors (Lipinski definition) is 2. The predicted molar refractivity (Wildman–Crippen MR) is 143 cm³/mol. The molecule has 0 aromatic heterocycles. The number of hydrogen-bond acceptors (Lipinski definition) is 9. The van der Waals surface area contributed by atoms with Crippen LogP contribution in [0.25, 0.3) is 0 Å². The summed E-state index contributed by atoms with van der Waals surface area (Å²) in [5.41, 5.74) is 3.41. The number of esters is 2. The van der Waals surface area contributed by atoms with E-state index in [0.29, 0.717) is 24.8 Å². The van der Waals surface area contributed by atoms with Crippen LogP contribution >= 0.6 is 0 Å². The van der Waals surface area contributed by atoms with Crippen LogP contribution in [0.5, 0.6) is 5.75 Å². The zero-order chi connectivity index (χ0) is 30.2. The molecule has 1 fully saturated rings. The van der Waals surface area contributed by atoms with E-state index in [-0.39, 0.29) is 36.9 Å². The molecule has 1 saturated heterocycles. The van der Waals surface area contributed by atoms with Crippen LogP contribution in [-0.2, 0) is 39.8 Å². The average Bonchev–Trinajstić information content (AvgIpc) is 2.87. The van der Waals surface area contributed by atoms with Gasteiger partial charge in [0.15, 0.2) is 0 Å². The number of methoxy groups -OCH3 is 1. The Bertz CT molecular complexity index is 1170. The number of nitriles is 1. The molecule has 0 saturated carbocycles. The van der Waals surface area contributed by atoms with Crippen molar-refractivity contribution in [2.24, 2.45) is 0 Å². The van der Waals surface area contributed by atoms with Gasteiger partial charge in [-0.25, -0.2) is 0 Å². The highest BCUT2D eigenvalue weighted by molar-refractivity contribution is 5.66. The number of carbonyl (C=O) groups is 4. The number of aliphatic carboxylic acids is 2. The zero-order valence-electron chi connectivity index (χ0n) is 23.2. The van der Waals surface area contributed by atoms with Crippen LogP contribution in [0.4, 0.5) is 0 Å². The van der Waals surface area contributed by atoms with E-state index in [1.807, 2.05) is 36.4 Å². The Kier molecular flexibility index (Phi) is 14.5. The van der Waals surface area contributed by atoms with Crippen LogP contribution in [-0.4, -0.2) is 60.0 Å². The number of carbonyl (C=O) groups excluding carboxylic acids is 2. The number of benzene rings is 2. The Morgan fingerprint density at radius 1 is 0.950 bits per heavy atom. The Hall–Kier alpha value is -4.43. The van der Waals surface area contributed by atoms with Gasteiger partial charge in [0.05, 0.1) is 31.0 Å². The summed E-state index contributed by atoms with van der Waals surface area (Å²) in [4.78, 5) is 40.7. The molecule has 11 nitrogen and oxygen atoms in total. The number of carboxylic acids is 2.